The molecule has 19 heteroatoms. The average molecular weight is 1020 g/mol. The van der Waals surface area contributed by atoms with E-state index >= 15 is 4.39 Å². The van der Waals surface area contributed by atoms with E-state index in [1.165, 1.54) is 49.6 Å². The summed E-state index contributed by atoms with van der Waals surface area (Å²) in [7, 11) is -3.25. The van der Waals surface area contributed by atoms with Gasteiger partial charge in [0.25, 0.3) is 27.5 Å². The van der Waals surface area contributed by atoms with Crippen molar-refractivity contribution in [1.82, 2.24) is 19.6 Å². The molecule has 4 atom stereocenters. The van der Waals surface area contributed by atoms with Crippen molar-refractivity contribution in [3.63, 3.8) is 0 Å². The van der Waals surface area contributed by atoms with E-state index in [-0.39, 0.29) is 82.1 Å². The Morgan fingerprint density at radius 1 is 1.03 bits per heavy atom. The van der Waals surface area contributed by atoms with Crippen molar-refractivity contribution in [2.45, 2.75) is 126 Å². The van der Waals surface area contributed by atoms with Gasteiger partial charge < -0.3 is 39.3 Å². The molecule has 3 aliphatic heterocycles. The summed E-state index contributed by atoms with van der Waals surface area (Å²) in [4.78, 5) is 37.8. The number of nitro groups is 1. The number of benzene rings is 3. The Labute approximate surface area is 425 Å². The second-order valence-electron chi connectivity index (χ2n) is 21.6. The Morgan fingerprint density at radius 2 is 1.78 bits per heavy atom. The standard InChI is InChI=1S/C54H66FN7O10S/c1-32(2)37-9-6-7-10-38(37)39-11-8-12-44(39)61-30-54(31-61)19-21-60(22-20-54)35-13-14-40(46(23-35)72-48-26-41-42(55)27-56-50(41)58-52(48)71-28-33(3)69-5)51(63)59-73(67,68)36-24-45(62(65)66)49-47(25-36)70-29-43(57-49)34-15-17-53(4,64)18-16-34/h6-7,9-10,13-14,23-27,32-34,39,43-44,57,64H,8,11-12,15-22,28-31H2,1-5H3,(H,56,58)(H,59,63)/t33?,34-,39-,43-,44-,53-/m1/s1. The monoisotopic (exact) mass is 1020 g/mol. The third-order valence-corrected chi connectivity index (χ3v) is 17.6. The zero-order valence-electron chi connectivity index (χ0n) is 42.1. The number of amides is 1. The minimum absolute atomic E-state index is 0.0261. The van der Waals surface area contributed by atoms with Crippen molar-refractivity contribution in [3.8, 4) is 23.1 Å². The molecule has 0 bridgehead atoms. The molecule has 4 N–H and O–H groups in total. The first-order chi connectivity index (χ1) is 34.9. The summed E-state index contributed by atoms with van der Waals surface area (Å²) in [6.07, 6.45) is 8.87. The highest BCUT2D eigenvalue weighted by atomic mass is 32.2. The van der Waals surface area contributed by atoms with Crippen LogP contribution in [0.25, 0.3) is 11.0 Å². The minimum atomic E-state index is -4.78. The number of rotatable bonds is 15. The largest absolute Gasteiger partial charge is 0.489 e. The number of hydrogen-bond donors (Lipinski definition) is 4. The number of aliphatic hydroxyl groups is 1. The molecule has 1 unspecified atom stereocenters. The van der Waals surface area contributed by atoms with Gasteiger partial charge in [-0.3, -0.25) is 19.8 Å². The molecular formula is C54H66FN7O10S. The molecule has 5 aliphatic rings. The van der Waals surface area contributed by atoms with E-state index in [4.69, 9.17) is 18.9 Å². The van der Waals surface area contributed by atoms with E-state index in [1.807, 2.05) is 0 Å². The van der Waals surface area contributed by atoms with Crippen molar-refractivity contribution >= 4 is 44.0 Å². The molecule has 1 spiro atoms. The highest BCUT2D eigenvalue weighted by Gasteiger charge is 2.49. The van der Waals surface area contributed by atoms with Crippen LogP contribution in [0.2, 0.25) is 0 Å². The number of methoxy groups -OCH3 is 1. The van der Waals surface area contributed by atoms with Gasteiger partial charge in [0.05, 0.1) is 38.5 Å². The highest BCUT2D eigenvalue weighted by molar-refractivity contribution is 7.90. The van der Waals surface area contributed by atoms with Crippen molar-refractivity contribution in [2.75, 3.05) is 56.7 Å². The van der Waals surface area contributed by atoms with Crippen molar-refractivity contribution < 1.29 is 46.6 Å². The number of fused-ring (bicyclic) bond motifs is 2. The van der Waals surface area contributed by atoms with Gasteiger partial charge in [0.2, 0.25) is 0 Å². The van der Waals surface area contributed by atoms with Gasteiger partial charge in [-0.2, -0.15) is 4.98 Å². The lowest BCUT2D eigenvalue weighted by Crippen LogP contribution is -2.63. The van der Waals surface area contributed by atoms with Gasteiger partial charge in [0, 0.05) is 75.5 Å². The van der Waals surface area contributed by atoms with Gasteiger partial charge in [0.1, 0.15) is 30.4 Å². The van der Waals surface area contributed by atoms with E-state index in [2.05, 4.69) is 67.9 Å². The number of nitrogens with one attached hydrogen (secondary N) is 3. The average Bonchev–Trinajstić information content (AvgIpc) is 4.00. The number of sulfonamides is 1. The lowest BCUT2D eigenvalue weighted by atomic mass is 9.70. The number of anilines is 2. The predicted octanol–water partition coefficient (Wildman–Crippen LogP) is 9.41. The molecule has 17 nitrogen and oxygen atoms in total. The quantitative estimate of drug-likeness (QED) is 0.0569. The fourth-order valence-electron chi connectivity index (χ4n) is 11.9. The van der Waals surface area contributed by atoms with Crippen LogP contribution in [0.15, 0.2) is 71.8 Å². The molecule has 2 saturated heterocycles. The first kappa shape index (κ1) is 50.5. The van der Waals surface area contributed by atoms with Crippen LogP contribution in [0.4, 0.5) is 21.5 Å². The third-order valence-electron chi connectivity index (χ3n) is 16.3. The van der Waals surface area contributed by atoms with E-state index in [0.29, 0.717) is 43.6 Å². The predicted molar refractivity (Wildman–Crippen MR) is 274 cm³/mol. The first-order valence-electron chi connectivity index (χ1n) is 25.6. The van der Waals surface area contributed by atoms with Crippen LogP contribution >= 0.6 is 0 Å². The molecule has 2 aromatic heterocycles. The van der Waals surface area contributed by atoms with E-state index in [1.54, 1.807) is 26.0 Å². The highest BCUT2D eigenvalue weighted by Crippen LogP contribution is 2.50. The minimum Gasteiger partial charge on any atom is -0.489 e. The van der Waals surface area contributed by atoms with Gasteiger partial charge >= 0.3 is 0 Å². The molecular weight excluding hydrogens is 958 g/mol. The number of piperidine rings is 1. The topological polar surface area (TPSA) is 211 Å². The van der Waals surface area contributed by atoms with Crippen LogP contribution < -0.4 is 29.1 Å². The number of nitrogens with zero attached hydrogens (tertiary/aromatic N) is 4. The number of aromatic amines is 1. The maximum absolute atomic E-state index is 15.1. The third kappa shape index (κ3) is 10.3. The maximum Gasteiger partial charge on any atom is 0.297 e. The second kappa shape index (κ2) is 20.0. The molecule has 4 fully saturated rings. The van der Waals surface area contributed by atoms with Gasteiger partial charge in [-0.25, -0.2) is 17.5 Å². The summed E-state index contributed by atoms with van der Waals surface area (Å²) in [5, 5.41) is 26.3. The number of H-pyrrole nitrogens is 1. The number of hydrogen-bond acceptors (Lipinski definition) is 14. The first-order valence-corrected chi connectivity index (χ1v) is 27.1. The molecule has 3 aromatic carbocycles. The lowest BCUT2D eigenvalue weighted by molar-refractivity contribution is -0.384. The normalized spacial score (nSPS) is 24.4. The molecule has 10 rings (SSSR count). The molecule has 0 radical (unpaired) electrons. The van der Waals surface area contributed by atoms with Crippen molar-refractivity contribution in [2.24, 2.45) is 11.3 Å². The molecule has 5 heterocycles. The number of likely N-dealkylation sites (tertiary alicyclic amines) is 1. The van der Waals surface area contributed by atoms with Crippen LogP contribution in [0.5, 0.6) is 23.1 Å². The zero-order valence-corrected chi connectivity index (χ0v) is 42.9. The zero-order chi connectivity index (χ0) is 51.4. The fraction of sp³-hybridized carbons (Fsp3) is 0.519. The van der Waals surface area contributed by atoms with Crippen LogP contribution in [-0.4, -0.2) is 110 Å². The van der Waals surface area contributed by atoms with Crippen molar-refractivity contribution in [3.05, 3.63) is 99.5 Å². The summed E-state index contributed by atoms with van der Waals surface area (Å²) >= 11 is 0. The van der Waals surface area contributed by atoms with Gasteiger partial charge in [-0.05, 0) is 112 Å². The Balaban J connectivity index is 0.904. The van der Waals surface area contributed by atoms with Gasteiger partial charge in [-0.1, -0.05) is 44.5 Å². The molecule has 5 aromatic rings. The van der Waals surface area contributed by atoms with Gasteiger partial charge in [-0.15, -0.1) is 0 Å². The molecule has 1 amide bonds. The summed E-state index contributed by atoms with van der Waals surface area (Å²) in [5.41, 5.74) is 2.60. The van der Waals surface area contributed by atoms with E-state index in [0.717, 1.165) is 63.0 Å². The molecule has 2 aliphatic carbocycles. The number of ether oxygens (including phenoxy) is 4. The summed E-state index contributed by atoms with van der Waals surface area (Å²) in [6.45, 7) is 11.9. The number of nitro benzene ring substituents is 1. The van der Waals surface area contributed by atoms with E-state index in [9.17, 15) is 28.4 Å². The summed E-state index contributed by atoms with van der Waals surface area (Å²) < 4.78 is 69.4. The number of aromatic nitrogens is 2. The van der Waals surface area contributed by atoms with Gasteiger partial charge in [0.15, 0.2) is 17.2 Å². The van der Waals surface area contributed by atoms with Crippen LogP contribution in [0.1, 0.15) is 119 Å². The molecule has 2 saturated carbocycles. The Kier molecular flexibility index (Phi) is 13.8. The smallest absolute Gasteiger partial charge is 0.297 e. The maximum atomic E-state index is 15.1. The number of pyridine rings is 1. The van der Waals surface area contributed by atoms with Crippen LogP contribution in [-0.2, 0) is 14.8 Å². The second-order valence-corrected chi connectivity index (χ2v) is 23.3. The molecule has 390 valence electrons. The summed E-state index contributed by atoms with van der Waals surface area (Å²) in [6, 6.07) is 17.5. The SMILES string of the molecule is COC(C)COc1nc2[nH]cc(F)c2cc1Oc1cc(N2CCC3(CC2)CN([C@@H]2CCC[C@@H]2c2ccccc2C(C)C)C3)ccc1C(=O)NS(=O)(=O)c1cc2c(c([N+](=O)[O-])c1)N[C@@H]([C@H]1CC[C@](C)(O)CC1)CO2. The Bertz CT molecular complexity index is 2990. The Morgan fingerprint density at radius 3 is 2.51 bits per heavy atom. The van der Waals surface area contributed by atoms with Crippen LogP contribution in [0, 0.1) is 27.3 Å². The Hall–Kier alpha value is -6.02. The number of carbonyl (C=O) groups excluding carboxylic acids is 1. The lowest BCUT2D eigenvalue weighted by Gasteiger charge is -2.57. The van der Waals surface area contributed by atoms with Crippen LogP contribution in [0.3, 0.4) is 0 Å². The number of carbonyl (C=O) groups is 1. The van der Waals surface area contributed by atoms with E-state index < -0.39 is 42.9 Å². The molecule has 73 heavy (non-hydrogen) atoms. The summed E-state index contributed by atoms with van der Waals surface area (Å²) in [5.74, 6) is -0.777. The fourth-order valence-corrected chi connectivity index (χ4v) is 12.9. The van der Waals surface area contributed by atoms with Crippen molar-refractivity contribution in [1.29, 1.82) is 0 Å². The number of halogens is 1.